The first-order valence-electron chi connectivity index (χ1n) is 23.8. The first kappa shape index (κ1) is 47.8. The molecule has 70 heavy (non-hydrogen) atoms. The number of nitrogens with zero attached hydrogens (tertiary/aromatic N) is 1. The molecule has 14 aromatic rings. The molecule has 0 radical (unpaired) electrons. The third-order valence-electron chi connectivity index (χ3n) is 12.3. The molecule has 0 atom stereocenters. The maximum absolute atomic E-state index is 3.26. The number of H-pyrrole nitrogens is 6. The van der Waals surface area contributed by atoms with E-state index >= 15 is 0 Å². The number of aryl methyl sites for hydroxylation is 7. The second-order valence-electron chi connectivity index (χ2n) is 17.7. The zero-order valence-corrected chi connectivity index (χ0v) is 41.2. The van der Waals surface area contributed by atoms with Crippen LogP contribution in [0.1, 0.15) is 33.5 Å². The average Bonchev–Trinajstić information content (AvgIpc) is 4.25. The van der Waals surface area contributed by atoms with Gasteiger partial charge in [0.05, 0.1) is 0 Å². The van der Waals surface area contributed by atoms with Gasteiger partial charge in [-0.3, -0.25) is 0 Å². The zero-order valence-electron chi connectivity index (χ0n) is 41.2. The molecular formula is C63H63N7. The van der Waals surface area contributed by atoms with E-state index < -0.39 is 0 Å². The van der Waals surface area contributed by atoms with E-state index in [9.17, 15) is 0 Å². The Kier molecular flexibility index (Phi) is 15.6. The van der Waals surface area contributed by atoms with E-state index in [0.29, 0.717) is 0 Å². The predicted molar refractivity (Wildman–Crippen MR) is 301 cm³/mol. The maximum atomic E-state index is 3.26. The normalized spacial score (nSPS) is 10.5. The lowest BCUT2D eigenvalue weighted by atomic mass is 10.1. The van der Waals surface area contributed by atoms with Crippen molar-refractivity contribution in [1.82, 2.24) is 34.5 Å². The van der Waals surface area contributed by atoms with E-state index in [2.05, 4.69) is 259 Å². The van der Waals surface area contributed by atoms with Crippen LogP contribution in [0.3, 0.4) is 0 Å². The summed E-state index contributed by atoms with van der Waals surface area (Å²) in [5.41, 5.74) is 16.4. The highest BCUT2D eigenvalue weighted by Crippen LogP contribution is 2.19. The molecule has 0 aliphatic rings. The van der Waals surface area contributed by atoms with Crippen molar-refractivity contribution in [1.29, 1.82) is 0 Å². The van der Waals surface area contributed by atoms with Gasteiger partial charge in [0.25, 0.3) is 0 Å². The van der Waals surface area contributed by atoms with Crippen LogP contribution in [0.4, 0.5) is 0 Å². The number of hydrogen-bond acceptors (Lipinski definition) is 0. The minimum Gasteiger partial charge on any atom is -0.361 e. The number of hydrogen-bond donors (Lipinski definition) is 6. The van der Waals surface area contributed by atoms with Crippen molar-refractivity contribution in [2.45, 2.75) is 41.5 Å². The Balaban J connectivity index is 0.000000110. The minimum absolute atomic E-state index is 1.21. The van der Waals surface area contributed by atoms with Gasteiger partial charge in [0.2, 0.25) is 0 Å². The van der Waals surface area contributed by atoms with Crippen molar-refractivity contribution in [3.05, 3.63) is 253 Å². The van der Waals surface area contributed by atoms with Crippen molar-refractivity contribution in [3.63, 3.8) is 0 Å². The lowest BCUT2D eigenvalue weighted by Crippen LogP contribution is -1.81. The van der Waals surface area contributed by atoms with Gasteiger partial charge in [-0.05, 0) is 170 Å². The Morgan fingerprint density at radius 1 is 0.343 bits per heavy atom. The number of fused-ring (bicyclic) bond motifs is 7. The van der Waals surface area contributed by atoms with Crippen molar-refractivity contribution in [3.8, 4) is 0 Å². The third kappa shape index (κ3) is 12.3. The van der Waals surface area contributed by atoms with Gasteiger partial charge >= 0.3 is 0 Å². The maximum Gasteiger partial charge on any atom is 0.0483 e. The average molecular weight is 918 g/mol. The van der Waals surface area contributed by atoms with E-state index in [1.165, 1.54) is 110 Å². The summed E-state index contributed by atoms with van der Waals surface area (Å²) in [6.45, 7) is 12.6. The van der Waals surface area contributed by atoms with Crippen LogP contribution < -0.4 is 0 Å². The fourth-order valence-corrected chi connectivity index (χ4v) is 8.48. The first-order chi connectivity index (χ1) is 34.1. The molecule has 350 valence electrons. The molecule has 0 spiro atoms. The molecule has 0 saturated heterocycles. The first-order valence-corrected chi connectivity index (χ1v) is 23.8. The van der Waals surface area contributed by atoms with Crippen LogP contribution in [-0.2, 0) is 7.05 Å². The summed E-state index contributed by atoms with van der Waals surface area (Å²) in [5, 5.41) is 9.11. The van der Waals surface area contributed by atoms with E-state index in [1.54, 1.807) is 0 Å². The smallest absolute Gasteiger partial charge is 0.0483 e. The summed E-state index contributed by atoms with van der Waals surface area (Å²) in [5.74, 6) is 0. The van der Waals surface area contributed by atoms with Gasteiger partial charge in [0.1, 0.15) is 0 Å². The summed E-state index contributed by atoms with van der Waals surface area (Å²) in [6, 6.07) is 62.9. The van der Waals surface area contributed by atoms with Crippen LogP contribution in [0, 0.1) is 41.5 Å². The van der Waals surface area contributed by atoms with Gasteiger partial charge in [-0.1, -0.05) is 109 Å². The number of aromatic amines is 6. The molecule has 6 N–H and O–H groups in total. The summed E-state index contributed by atoms with van der Waals surface area (Å²) in [7, 11) is 2.06. The van der Waals surface area contributed by atoms with Gasteiger partial charge in [-0.15, -0.1) is 0 Å². The Morgan fingerprint density at radius 3 is 1.70 bits per heavy atom. The van der Waals surface area contributed by atoms with Gasteiger partial charge in [0, 0.05) is 99.3 Å². The molecule has 0 saturated carbocycles. The fraction of sp³-hybridized carbons (Fsp3) is 0.111. The number of rotatable bonds is 0. The molecule has 0 aliphatic carbocycles. The van der Waals surface area contributed by atoms with Gasteiger partial charge in [0.15, 0.2) is 0 Å². The molecule has 14 rings (SSSR count). The van der Waals surface area contributed by atoms with Gasteiger partial charge < -0.3 is 34.5 Å². The zero-order chi connectivity index (χ0) is 48.8. The van der Waals surface area contributed by atoms with E-state index in [0.717, 1.165) is 0 Å². The largest absolute Gasteiger partial charge is 0.361 e. The molecule has 0 fully saturated rings. The molecule has 7 nitrogen and oxygen atoms in total. The third-order valence-corrected chi connectivity index (χ3v) is 12.3. The van der Waals surface area contributed by atoms with Crippen molar-refractivity contribution < 1.29 is 0 Å². The Morgan fingerprint density at radius 2 is 0.914 bits per heavy atom. The lowest BCUT2D eigenvalue weighted by molar-refractivity contribution is 0.969. The van der Waals surface area contributed by atoms with Crippen LogP contribution in [0.15, 0.2) is 219 Å². The highest BCUT2D eigenvalue weighted by atomic mass is 14.9. The SMILES string of the molecule is Cc1c[nH]c2ccccc12.Cc1cc2ccccc2[nH]1.Cc1ccc2[nH]ccc2c1.Cc1ccc2cc[nH]c2c1.Cc1cccc2[nH]ccc12.Cc1cccc2cc[nH]c12.Cn1ccc2ccccc21. The molecular weight excluding hydrogens is 855 g/mol. The number of aromatic nitrogens is 7. The van der Waals surface area contributed by atoms with Crippen molar-refractivity contribution in [2.24, 2.45) is 7.05 Å². The fourth-order valence-electron chi connectivity index (χ4n) is 8.48. The quantitative estimate of drug-likeness (QED) is 0.0873. The summed E-state index contributed by atoms with van der Waals surface area (Å²) in [4.78, 5) is 19.1. The van der Waals surface area contributed by atoms with Crippen LogP contribution in [-0.4, -0.2) is 34.5 Å². The summed E-state index contributed by atoms with van der Waals surface area (Å²) >= 11 is 0. The van der Waals surface area contributed by atoms with Crippen molar-refractivity contribution in [2.75, 3.05) is 0 Å². The predicted octanol–water partition coefficient (Wildman–Crippen LogP) is 17.0. The number of para-hydroxylation sites is 4. The van der Waals surface area contributed by atoms with Gasteiger partial charge in [-0.25, -0.2) is 0 Å². The molecule has 7 aromatic heterocycles. The van der Waals surface area contributed by atoms with Crippen molar-refractivity contribution >= 4 is 76.3 Å². The van der Waals surface area contributed by atoms with E-state index in [1.807, 2.05) is 43.1 Å². The Bertz CT molecular complexity index is 3560. The molecule has 0 amide bonds. The molecule has 0 unspecified atom stereocenters. The number of benzene rings is 7. The molecule has 0 aliphatic heterocycles. The highest BCUT2D eigenvalue weighted by molar-refractivity contribution is 5.85. The molecule has 0 bridgehead atoms. The van der Waals surface area contributed by atoms with Gasteiger partial charge in [-0.2, -0.15) is 0 Å². The standard InChI is InChI=1S/7C9H9N/c1-7-2-3-9-8(6-7)4-5-10-9;1-7-2-3-8-4-5-10-9(8)6-7;1-7-3-2-4-9-8(7)5-6-10-9;1-7-3-2-4-8-5-6-10-9(7)8;1-10-7-6-8-4-2-3-5-9(8)10;1-7-6-10-9-5-3-2-4-8(7)9;1-7-6-8-4-2-3-5-9(8)10-7/h4*2-6,10H,1H3;2-7H,1H3;2*2-6,10H,1H3. The van der Waals surface area contributed by atoms with E-state index in [4.69, 9.17) is 0 Å². The van der Waals surface area contributed by atoms with Crippen LogP contribution >= 0.6 is 0 Å². The molecule has 7 heterocycles. The second-order valence-corrected chi connectivity index (χ2v) is 17.7. The van der Waals surface area contributed by atoms with Crippen LogP contribution in [0.5, 0.6) is 0 Å². The Labute approximate surface area is 410 Å². The highest BCUT2D eigenvalue weighted by Gasteiger charge is 1.98. The van der Waals surface area contributed by atoms with Crippen LogP contribution in [0.25, 0.3) is 76.3 Å². The summed E-state index contributed by atoms with van der Waals surface area (Å²) in [6.07, 6.45) is 12.0. The molecule has 7 heteroatoms. The molecule has 7 aromatic carbocycles. The van der Waals surface area contributed by atoms with E-state index in [-0.39, 0.29) is 0 Å². The summed E-state index contributed by atoms with van der Waals surface area (Å²) < 4.78 is 2.12. The second kappa shape index (κ2) is 22.9. The monoisotopic (exact) mass is 918 g/mol. The Hall–Kier alpha value is -8.68. The topological polar surface area (TPSA) is 99.7 Å². The lowest BCUT2D eigenvalue weighted by Gasteiger charge is -1.92. The number of nitrogens with one attached hydrogen (secondary N) is 6. The van der Waals surface area contributed by atoms with Crippen LogP contribution in [0.2, 0.25) is 0 Å². The minimum atomic E-state index is 1.21.